The second kappa shape index (κ2) is 7.09. The zero-order valence-electron chi connectivity index (χ0n) is 14.5. The Balaban J connectivity index is 2.54. The molecule has 2 rings (SSSR count). The number of benzene rings is 1. The number of Topliss-reactive ketones (excluding diaryl/α,β-unsaturated/α-hetero) is 1. The zero-order chi connectivity index (χ0) is 16.2. The molecule has 0 spiro atoms. The molecule has 1 aliphatic carbocycles. The molecule has 2 nitrogen and oxygen atoms in total. The van der Waals surface area contributed by atoms with Crippen molar-refractivity contribution in [1.29, 1.82) is 0 Å². The normalized spacial score (nSPS) is 19.6. The molecule has 22 heavy (non-hydrogen) atoms. The predicted octanol–water partition coefficient (Wildman–Crippen LogP) is 5.29. The fourth-order valence-electron chi connectivity index (χ4n) is 3.76. The molecule has 1 fully saturated rings. The highest BCUT2D eigenvalue weighted by molar-refractivity contribution is 6.70. The molecule has 0 radical (unpaired) electrons. The minimum atomic E-state index is -1.86. The average molecular weight is 319 g/mol. The summed E-state index contributed by atoms with van der Waals surface area (Å²) >= 11 is 0. The van der Waals surface area contributed by atoms with Crippen molar-refractivity contribution in [3.05, 3.63) is 35.9 Å². The van der Waals surface area contributed by atoms with Gasteiger partial charge in [-0.2, -0.15) is 0 Å². The van der Waals surface area contributed by atoms with Gasteiger partial charge < -0.3 is 4.43 Å². The molecule has 0 saturated heterocycles. The van der Waals surface area contributed by atoms with Crippen LogP contribution in [0.5, 0.6) is 0 Å². The van der Waals surface area contributed by atoms with Gasteiger partial charge in [-0.3, -0.25) is 4.79 Å². The summed E-state index contributed by atoms with van der Waals surface area (Å²) in [5.74, 6) is 0.579. The third-order valence-electron chi connectivity index (χ3n) is 4.59. The van der Waals surface area contributed by atoms with E-state index in [2.05, 4.69) is 31.8 Å². The van der Waals surface area contributed by atoms with Gasteiger partial charge in [0.15, 0.2) is 14.1 Å². The fourth-order valence-corrected chi connectivity index (χ4v) is 5.13. The van der Waals surface area contributed by atoms with Crippen LogP contribution in [0.1, 0.15) is 51.0 Å². The standard InChI is InChI=1S/C19H30O2Si/c1-5-18(20)19(21-22(2,3)4,16-12-8-6-9-13-16)17-14-10-7-11-15-17/h6,8-9,12-13,17H,5,7,10-11,14-15H2,1-4H3/t19-/m0/s1. The van der Waals surface area contributed by atoms with E-state index >= 15 is 0 Å². The first-order valence-corrected chi connectivity index (χ1v) is 12.1. The molecule has 0 aliphatic heterocycles. The van der Waals surface area contributed by atoms with Crippen LogP contribution in [0, 0.1) is 5.92 Å². The molecule has 1 saturated carbocycles. The van der Waals surface area contributed by atoms with Crippen molar-refractivity contribution >= 4 is 14.1 Å². The maximum atomic E-state index is 13.1. The fraction of sp³-hybridized carbons (Fsp3) is 0.632. The molecule has 3 heteroatoms. The summed E-state index contributed by atoms with van der Waals surface area (Å²) in [4.78, 5) is 13.1. The van der Waals surface area contributed by atoms with Gasteiger partial charge in [0.05, 0.1) is 0 Å². The van der Waals surface area contributed by atoms with Gasteiger partial charge in [-0.1, -0.05) is 56.5 Å². The van der Waals surface area contributed by atoms with Crippen LogP contribution in [0.25, 0.3) is 0 Å². The lowest BCUT2D eigenvalue weighted by molar-refractivity contribution is -0.143. The van der Waals surface area contributed by atoms with E-state index < -0.39 is 13.9 Å². The van der Waals surface area contributed by atoms with Crippen LogP contribution in [0.3, 0.4) is 0 Å². The Bertz CT molecular complexity index is 486. The van der Waals surface area contributed by atoms with Crippen LogP contribution in [-0.4, -0.2) is 14.1 Å². The van der Waals surface area contributed by atoms with Crippen molar-refractivity contribution in [3.8, 4) is 0 Å². The van der Waals surface area contributed by atoms with Crippen LogP contribution in [0.15, 0.2) is 30.3 Å². The second-order valence-corrected chi connectivity index (χ2v) is 11.9. The van der Waals surface area contributed by atoms with Crippen molar-refractivity contribution in [2.75, 3.05) is 0 Å². The van der Waals surface area contributed by atoms with Gasteiger partial charge in [0.25, 0.3) is 0 Å². The molecular weight excluding hydrogens is 288 g/mol. The van der Waals surface area contributed by atoms with E-state index in [-0.39, 0.29) is 5.78 Å². The highest BCUT2D eigenvalue weighted by atomic mass is 28.4. The third-order valence-corrected chi connectivity index (χ3v) is 5.52. The first-order valence-electron chi connectivity index (χ1n) is 8.69. The molecule has 1 aliphatic rings. The Morgan fingerprint density at radius 1 is 1.14 bits per heavy atom. The number of rotatable bonds is 6. The zero-order valence-corrected chi connectivity index (χ0v) is 15.5. The Labute approximate surface area is 136 Å². The van der Waals surface area contributed by atoms with E-state index in [0.717, 1.165) is 18.4 Å². The van der Waals surface area contributed by atoms with E-state index in [1.54, 1.807) is 0 Å². The SMILES string of the molecule is CCC(=O)[C@](O[Si](C)(C)C)(c1ccccc1)C1CCCCC1. The molecule has 0 heterocycles. The van der Waals surface area contributed by atoms with Crippen LogP contribution in [-0.2, 0) is 14.8 Å². The summed E-state index contributed by atoms with van der Waals surface area (Å²) in [5.41, 5.74) is 0.345. The van der Waals surface area contributed by atoms with E-state index in [1.165, 1.54) is 19.3 Å². The molecule has 0 amide bonds. The van der Waals surface area contributed by atoms with Crippen molar-refractivity contribution in [1.82, 2.24) is 0 Å². The summed E-state index contributed by atoms with van der Waals surface area (Å²) < 4.78 is 6.69. The minimum Gasteiger partial charge on any atom is -0.401 e. The topological polar surface area (TPSA) is 26.3 Å². The molecule has 1 atom stereocenters. The highest BCUT2D eigenvalue weighted by Gasteiger charge is 2.49. The number of carbonyl (C=O) groups is 1. The molecule has 1 aromatic carbocycles. The smallest absolute Gasteiger partial charge is 0.185 e. The monoisotopic (exact) mass is 318 g/mol. The van der Waals surface area contributed by atoms with Gasteiger partial charge >= 0.3 is 0 Å². The van der Waals surface area contributed by atoms with Gasteiger partial charge in [-0.05, 0) is 44.0 Å². The van der Waals surface area contributed by atoms with Crippen molar-refractivity contribution in [2.24, 2.45) is 5.92 Å². The van der Waals surface area contributed by atoms with Crippen LogP contribution in [0.2, 0.25) is 19.6 Å². The summed E-state index contributed by atoms with van der Waals surface area (Å²) in [6.45, 7) is 8.54. The van der Waals surface area contributed by atoms with Crippen LogP contribution >= 0.6 is 0 Å². The molecule has 0 unspecified atom stereocenters. The molecule has 0 bridgehead atoms. The maximum Gasteiger partial charge on any atom is 0.185 e. The van der Waals surface area contributed by atoms with E-state index in [0.29, 0.717) is 12.3 Å². The second-order valence-electron chi connectivity index (χ2n) is 7.43. The van der Waals surface area contributed by atoms with Gasteiger partial charge in [-0.25, -0.2) is 0 Å². The van der Waals surface area contributed by atoms with Crippen LogP contribution < -0.4 is 0 Å². The lowest BCUT2D eigenvalue weighted by Gasteiger charge is -2.45. The first-order chi connectivity index (χ1) is 10.4. The van der Waals surface area contributed by atoms with Crippen molar-refractivity contribution in [2.45, 2.75) is 70.7 Å². The number of hydrogen-bond acceptors (Lipinski definition) is 2. The highest BCUT2D eigenvalue weighted by Crippen LogP contribution is 2.45. The first kappa shape index (κ1) is 17.4. The maximum absolute atomic E-state index is 13.1. The van der Waals surface area contributed by atoms with Crippen molar-refractivity contribution < 1.29 is 9.22 Å². The van der Waals surface area contributed by atoms with E-state index in [1.807, 2.05) is 25.1 Å². The Morgan fingerprint density at radius 2 is 1.73 bits per heavy atom. The lowest BCUT2D eigenvalue weighted by atomic mass is 9.71. The van der Waals surface area contributed by atoms with Crippen LogP contribution in [0.4, 0.5) is 0 Å². The number of carbonyl (C=O) groups excluding carboxylic acids is 1. The summed E-state index contributed by atoms with van der Waals surface area (Å²) in [6, 6.07) is 10.2. The molecular formula is C19H30O2Si. The largest absolute Gasteiger partial charge is 0.401 e. The third kappa shape index (κ3) is 3.69. The van der Waals surface area contributed by atoms with Crippen molar-refractivity contribution in [3.63, 3.8) is 0 Å². The van der Waals surface area contributed by atoms with E-state index in [4.69, 9.17) is 4.43 Å². The molecule has 1 aromatic rings. The molecule has 122 valence electrons. The Kier molecular flexibility index (Phi) is 5.62. The summed E-state index contributed by atoms with van der Waals surface area (Å²) in [6.07, 6.45) is 6.46. The van der Waals surface area contributed by atoms with Gasteiger partial charge in [0.2, 0.25) is 0 Å². The van der Waals surface area contributed by atoms with Gasteiger partial charge in [-0.15, -0.1) is 0 Å². The average Bonchev–Trinajstić information content (AvgIpc) is 2.52. The van der Waals surface area contributed by atoms with Gasteiger partial charge in [0, 0.05) is 6.42 Å². The summed E-state index contributed by atoms with van der Waals surface area (Å²) in [5, 5.41) is 0. The number of ketones is 1. The van der Waals surface area contributed by atoms with E-state index in [9.17, 15) is 4.79 Å². The number of hydrogen-bond donors (Lipinski definition) is 0. The molecule has 0 N–H and O–H groups in total. The quantitative estimate of drug-likeness (QED) is 0.666. The predicted molar refractivity (Wildman–Crippen MR) is 94.4 cm³/mol. The summed E-state index contributed by atoms with van der Waals surface area (Å²) in [7, 11) is -1.86. The van der Waals surface area contributed by atoms with Gasteiger partial charge in [0.1, 0.15) is 5.60 Å². The molecule has 0 aromatic heterocycles. The Morgan fingerprint density at radius 3 is 2.23 bits per heavy atom. The minimum absolute atomic E-state index is 0.257. The lowest BCUT2D eigenvalue weighted by Crippen LogP contribution is -2.51. The Hall–Kier alpha value is -0.933.